The van der Waals surface area contributed by atoms with Crippen LogP contribution < -0.4 is 15.8 Å². The van der Waals surface area contributed by atoms with Crippen molar-refractivity contribution < 1.29 is 32.4 Å². The summed E-state index contributed by atoms with van der Waals surface area (Å²) >= 11 is 0. The standard InChI is InChI=1S/C27H29F3N6O4/c1-18(39)36(33-16-20-3-2-4-23(29)26(20)30)24(7-12-37)27(34-10-8-31-9-11-34)40-35(17-38)25-14-21-13-22(28)6-5-19(21)15-32-25/h2-6,12-15,17,24,27,31,33H,7-11,16H2,1H3/t24-,27?/m0/s1. The molecule has 2 N–H and O–H groups in total. The zero-order valence-electron chi connectivity index (χ0n) is 21.7. The van der Waals surface area contributed by atoms with Crippen LogP contribution in [0.25, 0.3) is 10.8 Å². The van der Waals surface area contributed by atoms with Crippen LogP contribution in [0.3, 0.4) is 0 Å². The van der Waals surface area contributed by atoms with Crippen LogP contribution in [-0.4, -0.2) is 71.9 Å². The summed E-state index contributed by atoms with van der Waals surface area (Å²) in [5.74, 6) is -3.03. The minimum absolute atomic E-state index is 0.0298. The highest BCUT2D eigenvalue weighted by Crippen LogP contribution is 2.24. The van der Waals surface area contributed by atoms with Crippen LogP contribution in [0.4, 0.5) is 19.0 Å². The molecule has 1 saturated heterocycles. The molecule has 212 valence electrons. The van der Waals surface area contributed by atoms with Crippen molar-refractivity contribution in [2.45, 2.75) is 32.2 Å². The van der Waals surface area contributed by atoms with Crippen LogP contribution >= 0.6 is 0 Å². The summed E-state index contributed by atoms with van der Waals surface area (Å²) in [6, 6.07) is 8.30. The van der Waals surface area contributed by atoms with Crippen LogP contribution in [0.5, 0.6) is 0 Å². The molecule has 0 spiro atoms. The largest absolute Gasteiger partial charge is 0.314 e. The summed E-state index contributed by atoms with van der Waals surface area (Å²) < 4.78 is 41.9. The number of benzene rings is 2. The number of carbonyl (C=O) groups excluding carboxylic acids is 3. The van der Waals surface area contributed by atoms with E-state index in [4.69, 9.17) is 4.84 Å². The number of nitrogens with zero attached hydrogens (tertiary/aromatic N) is 4. The Bertz CT molecular complexity index is 1360. The lowest BCUT2D eigenvalue weighted by Crippen LogP contribution is -2.62. The van der Waals surface area contributed by atoms with Crippen LogP contribution in [0.2, 0.25) is 0 Å². The molecule has 10 nitrogen and oxygen atoms in total. The summed E-state index contributed by atoms with van der Waals surface area (Å²) in [5.41, 5.74) is 2.77. The molecule has 1 aliphatic heterocycles. The molecule has 1 fully saturated rings. The molecule has 0 radical (unpaired) electrons. The van der Waals surface area contributed by atoms with E-state index in [-0.39, 0.29) is 24.3 Å². The number of carbonyl (C=O) groups is 3. The monoisotopic (exact) mass is 558 g/mol. The first kappa shape index (κ1) is 29.1. The second-order valence-electron chi connectivity index (χ2n) is 9.15. The summed E-state index contributed by atoms with van der Waals surface area (Å²) in [4.78, 5) is 49.0. The van der Waals surface area contributed by atoms with Gasteiger partial charge in [0.05, 0.1) is 6.04 Å². The lowest BCUT2D eigenvalue weighted by molar-refractivity contribution is -0.159. The van der Waals surface area contributed by atoms with Gasteiger partial charge < -0.3 is 10.1 Å². The zero-order valence-corrected chi connectivity index (χ0v) is 21.7. The quantitative estimate of drug-likeness (QED) is 0.258. The molecule has 40 heavy (non-hydrogen) atoms. The van der Waals surface area contributed by atoms with Gasteiger partial charge in [0.25, 0.3) is 0 Å². The van der Waals surface area contributed by atoms with Crippen LogP contribution in [0.15, 0.2) is 48.7 Å². The highest BCUT2D eigenvalue weighted by Gasteiger charge is 2.37. The Morgan fingerprint density at radius 3 is 2.62 bits per heavy atom. The lowest BCUT2D eigenvalue weighted by atomic mass is 10.1. The SMILES string of the molecule is CC(=O)N(NCc1cccc(F)c1F)[C@@H](CC=O)C(ON(C=O)c1cc2cc(F)ccc2cn1)N1CCNCC1. The summed E-state index contributed by atoms with van der Waals surface area (Å²) in [7, 11) is 0. The van der Waals surface area contributed by atoms with Crippen molar-refractivity contribution in [1.82, 2.24) is 25.6 Å². The predicted molar refractivity (Wildman–Crippen MR) is 140 cm³/mol. The normalized spacial score (nSPS) is 15.4. The Morgan fingerprint density at radius 1 is 1.15 bits per heavy atom. The number of hydroxylamine groups is 1. The molecule has 0 saturated carbocycles. The molecule has 2 amide bonds. The van der Waals surface area contributed by atoms with E-state index in [9.17, 15) is 27.6 Å². The van der Waals surface area contributed by atoms with Crippen molar-refractivity contribution >= 4 is 35.2 Å². The molecule has 2 aromatic carbocycles. The van der Waals surface area contributed by atoms with Crippen LogP contribution in [-0.2, 0) is 25.8 Å². The minimum Gasteiger partial charge on any atom is -0.314 e. The fraction of sp³-hybridized carbons (Fsp3) is 0.333. The van der Waals surface area contributed by atoms with E-state index in [0.717, 1.165) is 16.1 Å². The van der Waals surface area contributed by atoms with Crippen LogP contribution in [0.1, 0.15) is 18.9 Å². The average Bonchev–Trinajstić information content (AvgIpc) is 2.95. The number of piperazine rings is 1. The zero-order chi connectivity index (χ0) is 28.6. The fourth-order valence-electron chi connectivity index (χ4n) is 4.55. The second-order valence-corrected chi connectivity index (χ2v) is 9.15. The summed E-state index contributed by atoms with van der Waals surface area (Å²) in [5, 5.41) is 6.31. The number of anilines is 1. The molecule has 2 atom stereocenters. The van der Waals surface area contributed by atoms with Gasteiger partial charge in [-0.25, -0.2) is 28.4 Å². The Labute approximate surface area is 228 Å². The van der Waals surface area contributed by atoms with Gasteiger partial charge in [-0.15, -0.1) is 0 Å². The van der Waals surface area contributed by atoms with Crippen LogP contribution in [0, 0.1) is 17.5 Å². The Hall–Kier alpha value is -3.91. The van der Waals surface area contributed by atoms with E-state index in [1.807, 2.05) is 4.90 Å². The lowest BCUT2D eigenvalue weighted by Gasteiger charge is -2.43. The van der Waals surface area contributed by atoms with Gasteiger partial charge in [0.1, 0.15) is 12.1 Å². The van der Waals surface area contributed by atoms with E-state index in [2.05, 4.69) is 15.7 Å². The number of hydrazine groups is 1. The molecule has 13 heteroatoms. The smallest absolute Gasteiger partial charge is 0.239 e. The van der Waals surface area contributed by atoms with Crippen molar-refractivity contribution in [3.05, 3.63) is 71.7 Å². The third-order valence-electron chi connectivity index (χ3n) is 6.53. The number of amides is 2. The number of halogens is 3. The Kier molecular flexibility index (Phi) is 9.77. The topological polar surface area (TPSA) is 107 Å². The maximum atomic E-state index is 14.3. The van der Waals surface area contributed by atoms with Gasteiger partial charge in [0.15, 0.2) is 23.7 Å². The maximum absolute atomic E-state index is 14.3. The average molecular weight is 559 g/mol. The first-order valence-electron chi connectivity index (χ1n) is 12.6. The minimum atomic E-state index is -1.06. The number of hydrogen-bond acceptors (Lipinski definition) is 8. The third-order valence-corrected chi connectivity index (χ3v) is 6.53. The molecule has 0 aliphatic carbocycles. The Morgan fingerprint density at radius 2 is 1.93 bits per heavy atom. The number of fused-ring (bicyclic) bond motifs is 1. The van der Waals surface area contributed by atoms with E-state index in [1.54, 1.807) is 6.07 Å². The third kappa shape index (κ3) is 6.80. The molecule has 4 rings (SSSR count). The molecule has 1 aromatic heterocycles. The number of rotatable bonds is 12. The Balaban J connectivity index is 1.66. The summed E-state index contributed by atoms with van der Waals surface area (Å²) in [6.45, 7) is 3.04. The molecule has 1 aliphatic rings. The molecule has 0 bridgehead atoms. The van der Waals surface area contributed by atoms with Gasteiger partial charge >= 0.3 is 0 Å². The first-order chi connectivity index (χ1) is 19.3. The number of pyridine rings is 1. The number of hydrogen-bond donors (Lipinski definition) is 2. The van der Waals surface area contributed by atoms with Crippen molar-refractivity contribution in [3.8, 4) is 0 Å². The second kappa shape index (κ2) is 13.4. The van der Waals surface area contributed by atoms with Gasteiger partial charge in [0, 0.05) is 63.2 Å². The molecule has 1 unspecified atom stereocenters. The van der Waals surface area contributed by atoms with Gasteiger partial charge in [-0.3, -0.25) is 19.5 Å². The highest BCUT2D eigenvalue weighted by molar-refractivity contribution is 5.85. The van der Waals surface area contributed by atoms with Gasteiger partial charge in [0.2, 0.25) is 12.3 Å². The van der Waals surface area contributed by atoms with Crippen molar-refractivity contribution in [3.63, 3.8) is 0 Å². The maximum Gasteiger partial charge on any atom is 0.239 e. The van der Waals surface area contributed by atoms with Gasteiger partial charge in [-0.2, -0.15) is 5.06 Å². The molecule has 2 heterocycles. The van der Waals surface area contributed by atoms with E-state index >= 15 is 0 Å². The first-order valence-corrected chi connectivity index (χ1v) is 12.6. The molecular formula is C27H29F3N6O4. The van der Waals surface area contributed by atoms with Crippen molar-refractivity contribution in [2.24, 2.45) is 0 Å². The van der Waals surface area contributed by atoms with Crippen molar-refractivity contribution in [2.75, 3.05) is 31.2 Å². The van der Waals surface area contributed by atoms with E-state index in [0.29, 0.717) is 49.6 Å². The van der Waals surface area contributed by atoms with Gasteiger partial charge in [-0.05, 0) is 35.7 Å². The van der Waals surface area contributed by atoms with Gasteiger partial charge in [-0.1, -0.05) is 12.1 Å². The number of nitrogens with one attached hydrogen (secondary N) is 2. The van der Waals surface area contributed by atoms with E-state index in [1.165, 1.54) is 43.5 Å². The molecule has 3 aromatic rings. The number of aldehydes is 1. The fourth-order valence-corrected chi connectivity index (χ4v) is 4.55. The predicted octanol–water partition coefficient (Wildman–Crippen LogP) is 2.29. The molecular weight excluding hydrogens is 529 g/mol. The van der Waals surface area contributed by atoms with E-state index < -0.39 is 35.6 Å². The van der Waals surface area contributed by atoms with Crippen molar-refractivity contribution in [1.29, 1.82) is 0 Å². The summed E-state index contributed by atoms with van der Waals surface area (Å²) in [6.07, 6.45) is 1.19. The highest BCUT2D eigenvalue weighted by atomic mass is 19.2. The number of aromatic nitrogens is 1.